The van der Waals surface area contributed by atoms with Crippen molar-refractivity contribution in [3.8, 4) is 0 Å². The van der Waals surface area contributed by atoms with Crippen LogP contribution in [0.3, 0.4) is 0 Å². The van der Waals surface area contributed by atoms with E-state index < -0.39 is 15.8 Å². The number of sulfonamides is 1. The molecule has 0 aliphatic rings. The van der Waals surface area contributed by atoms with Crippen LogP contribution in [0.15, 0.2) is 27.6 Å². The summed E-state index contributed by atoms with van der Waals surface area (Å²) in [5, 5.41) is 0. The first kappa shape index (κ1) is 16.6. The van der Waals surface area contributed by atoms with Gasteiger partial charge in [0.15, 0.2) is 0 Å². The number of unbranched alkanes of at least 4 members (excludes halogenated alkanes) is 1. The van der Waals surface area contributed by atoms with Gasteiger partial charge < -0.3 is 4.90 Å². The Bertz CT molecular complexity index is 520. The van der Waals surface area contributed by atoms with E-state index in [1.165, 1.54) is 6.07 Å². The van der Waals surface area contributed by atoms with Gasteiger partial charge in [0.05, 0.1) is 4.90 Å². The summed E-state index contributed by atoms with van der Waals surface area (Å²) in [7, 11) is 0.358. The van der Waals surface area contributed by atoms with Gasteiger partial charge in [0.2, 0.25) is 10.0 Å². The molecular weight excluding hydrogens is 335 g/mol. The maximum atomic E-state index is 12.9. The third-order valence-electron chi connectivity index (χ3n) is 2.51. The van der Waals surface area contributed by atoms with Crippen LogP contribution >= 0.6 is 15.9 Å². The van der Waals surface area contributed by atoms with E-state index >= 15 is 0 Å². The summed E-state index contributed by atoms with van der Waals surface area (Å²) < 4.78 is 39.6. The Labute approximate surface area is 122 Å². The summed E-state index contributed by atoms with van der Waals surface area (Å²) in [4.78, 5) is 2.10. The molecular formula is C12H18BrFN2O2S. The molecule has 4 nitrogen and oxygen atoms in total. The second-order valence-electron chi connectivity index (χ2n) is 4.48. The van der Waals surface area contributed by atoms with Crippen molar-refractivity contribution in [2.45, 2.75) is 17.7 Å². The molecule has 0 fully saturated rings. The third kappa shape index (κ3) is 5.56. The fourth-order valence-electron chi connectivity index (χ4n) is 1.53. The summed E-state index contributed by atoms with van der Waals surface area (Å²) in [5.74, 6) is -0.475. The first-order chi connectivity index (χ1) is 8.83. The summed E-state index contributed by atoms with van der Waals surface area (Å²) in [6.45, 7) is 1.29. The maximum absolute atomic E-state index is 12.9. The molecule has 0 aliphatic heterocycles. The van der Waals surface area contributed by atoms with Crippen molar-refractivity contribution in [3.05, 3.63) is 28.5 Å². The van der Waals surface area contributed by atoms with Crippen molar-refractivity contribution in [1.29, 1.82) is 0 Å². The molecule has 0 aliphatic carbocycles. The van der Waals surface area contributed by atoms with Crippen LogP contribution in [-0.4, -0.2) is 40.5 Å². The Balaban J connectivity index is 2.56. The lowest BCUT2D eigenvalue weighted by Gasteiger charge is -2.10. The van der Waals surface area contributed by atoms with E-state index in [1.54, 1.807) is 0 Å². The highest BCUT2D eigenvalue weighted by atomic mass is 79.9. The smallest absolute Gasteiger partial charge is 0.241 e. The van der Waals surface area contributed by atoms with E-state index in [-0.39, 0.29) is 9.37 Å². The molecule has 1 rings (SSSR count). The lowest BCUT2D eigenvalue weighted by molar-refractivity contribution is 0.394. The summed E-state index contributed by atoms with van der Waals surface area (Å²) >= 11 is 3.06. The highest BCUT2D eigenvalue weighted by Gasteiger charge is 2.17. The second kappa shape index (κ2) is 7.33. The molecule has 1 aromatic rings. The molecule has 0 saturated heterocycles. The van der Waals surface area contributed by atoms with Gasteiger partial charge in [0, 0.05) is 11.0 Å². The zero-order chi connectivity index (χ0) is 14.5. The summed E-state index contributed by atoms with van der Waals surface area (Å²) in [6, 6.07) is 3.52. The maximum Gasteiger partial charge on any atom is 0.241 e. The average Bonchev–Trinajstić information content (AvgIpc) is 2.27. The van der Waals surface area contributed by atoms with Crippen molar-refractivity contribution in [3.63, 3.8) is 0 Å². The molecule has 0 saturated carbocycles. The predicted octanol–water partition coefficient (Wildman–Crippen LogP) is 2.21. The van der Waals surface area contributed by atoms with Crippen LogP contribution in [0.4, 0.5) is 4.39 Å². The molecule has 1 N–H and O–H groups in total. The molecule has 0 unspecified atom stereocenters. The van der Waals surface area contributed by atoms with Crippen LogP contribution in [0, 0.1) is 5.82 Å². The molecule has 0 aromatic heterocycles. The van der Waals surface area contributed by atoms with E-state index in [2.05, 4.69) is 20.7 Å². The molecule has 0 heterocycles. The van der Waals surface area contributed by atoms with Gasteiger partial charge in [-0.15, -0.1) is 0 Å². The molecule has 19 heavy (non-hydrogen) atoms. The van der Waals surface area contributed by atoms with Gasteiger partial charge in [-0.05, 0) is 67.6 Å². The fourth-order valence-corrected chi connectivity index (χ4v) is 3.65. The van der Waals surface area contributed by atoms with Crippen LogP contribution in [-0.2, 0) is 10.0 Å². The Hall–Kier alpha value is -0.500. The molecule has 0 spiro atoms. The molecule has 0 radical (unpaired) electrons. The molecule has 0 atom stereocenters. The number of rotatable bonds is 7. The van der Waals surface area contributed by atoms with Gasteiger partial charge in [-0.1, -0.05) is 0 Å². The van der Waals surface area contributed by atoms with Gasteiger partial charge >= 0.3 is 0 Å². The molecule has 7 heteroatoms. The zero-order valence-corrected chi connectivity index (χ0v) is 13.4. The van der Waals surface area contributed by atoms with E-state index in [1.807, 2.05) is 19.0 Å². The van der Waals surface area contributed by atoms with Crippen molar-refractivity contribution < 1.29 is 12.8 Å². The largest absolute Gasteiger partial charge is 0.309 e. The first-order valence-corrected chi connectivity index (χ1v) is 8.20. The van der Waals surface area contributed by atoms with Crippen LogP contribution in [0.2, 0.25) is 0 Å². The van der Waals surface area contributed by atoms with E-state index in [0.717, 1.165) is 31.5 Å². The van der Waals surface area contributed by atoms with Crippen molar-refractivity contribution >= 4 is 26.0 Å². The molecule has 0 bridgehead atoms. The van der Waals surface area contributed by atoms with Crippen molar-refractivity contribution in [2.75, 3.05) is 27.2 Å². The van der Waals surface area contributed by atoms with E-state index in [4.69, 9.17) is 0 Å². The molecule has 0 amide bonds. The van der Waals surface area contributed by atoms with Crippen LogP contribution in [0.5, 0.6) is 0 Å². The number of halogens is 2. The minimum Gasteiger partial charge on any atom is -0.309 e. The highest BCUT2D eigenvalue weighted by Crippen LogP contribution is 2.22. The lowest BCUT2D eigenvalue weighted by atomic mass is 10.3. The normalized spacial score (nSPS) is 12.1. The number of hydrogen-bond acceptors (Lipinski definition) is 3. The zero-order valence-electron chi connectivity index (χ0n) is 11.0. The van der Waals surface area contributed by atoms with Gasteiger partial charge in [-0.3, -0.25) is 0 Å². The lowest BCUT2D eigenvalue weighted by Crippen LogP contribution is -2.26. The van der Waals surface area contributed by atoms with E-state index in [9.17, 15) is 12.8 Å². The van der Waals surface area contributed by atoms with Gasteiger partial charge in [-0.25, -0.2) is 17.5 Å². The van der Waals surface area contributed by atoms with E-state index in [0.29, 0.717) is 6.54 Å². The number of hydrogen-bond donors (Lipinski definition) is 1. The Morgan fingerprint density at radius 3 is 2.58 bits per heavy atom. The molecule has 1 aromatic carbocycles. The third-order valence-corrected chi connectivity index (χ3v) is 4.95. The summed E-state index contributed by atoms with van der Waals surface area (Å²) in [6.07, 6.45) is 1.68. The summed E-state index contributed by atoms with van der Waals surface area (Å²) in [5.41, 5.74) is 0. The van der Waals surface area contributed by atoms with Crippen LogP contribution in [0.25, 0.3) is 0 Å². The quantitative estimate of drug-likeness (QED) is 0.765. The van der Waals surface area contributed by atoms with Crippen molar-refractivity contribution in [2.24, 2.45) is 0 Å². The van der Waals surface area contributed by atoms with Crippen LogP contribution < -0.4 is 4.72 Å². The highest BCUT2D eigenvalue weighted by molar-refractivity contribution is 9.10. The predicted molar refractivity (Wildman–Crippen MR) is 77.1 cm³/mol. The van der Waals surface area contributed by atoms with Gasteiger partial charge in [0.1, 0.15) is 5.82 Å². The SMILES string of the molecule is CN(C)CCCCNS(=O)(=O)c1ccc(F)cc1Br. The minimum atomic E-state index is -3.59. The minimum absolute atomic E-state index is 0.0570. The second-order valence-corrected chi connectivity index (χ2v) is 7.07. The first-order valence-electron chi connectivity index (χ1n) is 5.92. The Morgan fingerprint density at radius 1 is 1.32 bits per heavy atom. The average molecular weight is 353 g/mol. The fraction of sp³-hybridized carbons (Fsp3) is 0.500. The van der Waals surface area contributed by atoms with Crippen molar-refractivity contribution in [1.82, 2.24) is 9.62 Å². The van der Waals surface area contributed by atoms with Gasteiger partial charge in [-0.2, -0.15) is 0 Å². The monoisotopic (exact) mass is 352 g/mol. The standard InChI is InChI=1S/C12H18BrFN2O2S/c1-16(2)8-4-3-7-15-19(17,18)12-6-5-10(14)9-11(12)13/h5-6,9,15H,3-4,7-8H2,1-2H3. The van der Waals surface area contributed by atoms with Gasteiger partial charge in [0.25, 0.3) is 0 Å². The Kier molecular flexibility index (Phi) is 6.38. The number of nitrogens with zero attached hydrogens (tertiary/aromatic N) is 1. The number of benzene rings is 1. The number of nitrogens with one attached hydrogen (secondary N) is 1. The molecule has 108 valence electrons. The topological polar surface area (TPSA) is 49.4 Å². The Morgan fingerprint density at radius 2 is 2.00 bits per heavy atom. The van der Waals surface area contributed by atoms with Crippen LogP contribution in [0.1, 0.15) is 12.8 Å².